The molecule has 3 N–H and O–H groups in total. The maximum absolute atomic E-state index is 13.0. The molecule has 1 atom stereocenters. The number of carbonyl (C=O) groups is 2. The number of H-pyrrole nitrogens is 1. The Bertz CT molecular complexity index is 1390. The minimum Gasteiger partial charge on any atom is -0.338 e. The number of hydrogen-bond acceptors (Lipinski definition) is 5. The van der Waals surface area contributed by atoms with E-state index in [1.807, 2.05) is 29.2 Å². The van der Waals surface area contributed by atoms with Crippen LogP contribution in [0.2, 0.25) is 0 Å². The van der Waals surface area contributed by atoms with E-state index in [0.717, 1.165) is 30.2 Å². The summed E-state index contributed by atoms with van der Waals surface area (Å²) < 4.78 is 39.0. The predicted octanol–water partition coefficient (Wildman–Crippen LogP) is 3.42. The molecule has 1 unspecified atom stereocenters. The summed E-state index contributed by atoms with van der Waals surface area (Å²) in [7, 11) is 0. The molecule has 3 heterocycles. The number of halogens is 3. The Kier molecular flexibility index (Phi) is 5.54. The van der Waals surface area contributed by atoms with E-state index in [1.54, 1.807) is 0 Å². The molecule has 11 heteroatoms. The second-order valence-corrected chi connectivity index (χ2v) is 8.46. The Balaban J connectivity index is 1.43. The summed E-state index contributed by atoms with van der Waals surface area (Å²) >= 11 is 0. The van der Waals surface area contributed by atoms with Crippen molar-refractivity contribution < 1.29 is 22.8 Å². The molecule has 0 saturated carbocycles. The smallest absolute Gasteiger partial charge is 0.338 e. The van der Waals surface area contributed by atoms with Crippen LogP contribution in [0.15, 0.2) is 53.3 Å². The molecule has 3 aromatic rings. The van der Waals surface area contributed by atoms with E-state index in [2.05, 4.69) is 20.6 Å². The molecule has 2 amide bonds. The second kappa shape index (κ2) is 8.57. The number of carbonyl (C=O) groups excluding carboxylic acids is 2. The van der Waals surface area contributed by atoms with E-state index < -0.39 is 35.0 Å². The fourth-order valence-corrected chi connectivity index (χ4v) is 4.41. The third kappa shape index (κ3) is 4.48. The van der Waals surface area contributed by atoms with Crippen molar-refractivity contribution in [1.29, 1.82) is 0 Å². The zero-order valence-electron chi connectivity index (χ0n) is 18.3. The number of aromatic nitrogens is 2. The second-order valence-electron chi connectivity index (χ2n) is 8.46. The van der Waals surface area contributed by atoms with Gasteiger partial charge in [-0.3, -0.25) is 19.4 Å². The zero-order valence-corrected chi connectivity index (χ0v) is 18.3. The molecule has 35 heavy (non-hydrogen) atoms. The third-order valence-corrected chi connectivity index (χ3v) is 6.14. The molecule has 0 saturated heterocycles. The molecule has 180 valence electrons. The van der Waals surface area contributed by atoms with E-state index in [1.165, 1.54) is 11.6 Å². The van der Waals surface area contributed by atoms with Gasteiger partial charge in [0.25, 0.3) is 5.56 Å². The topological polar surface area (TPSA) is 107 Å². The van der Waals surface area contributed by atoms with Crippen molar-refractivity contribution >= 4 is 29.3 Å². The zero-order chi connectivity index (χ0) is 24.7. The molecule has 0 aliphatic carbocycles. The van der Waals surface area contributed by atoms with Crippen molar-refractivity contribution in [3.63, 3.8) is 0 Å². The summed E-state index contributed by atoms with van der Waals surface area (Å²) in [4.78, 5) is 47.3. The van der Waals surface area contributed by atoms with Crippen LogP contribution >= 0.6 is 0 Å². The summed E-state index contributed by atoms with van der Waals surface area (Å²) in [6, 6.07) is 12.1. The average Bonchev–Trinajstić information content (AvgIpc) is 2.82. The molecular formula is C24H20F3N5O3. The highest BCUT2D eigenvalue weighted by Crippen LogP contribution is 2.33. The van der Waals surface area contributed by atoms with Crippen LogP contribution in [-0.4, -0.2) is 28.3 Å². The lowest BCUT2D eigenvalue weighted by atomic mass is 9.92. The summed E-state index contributed by atoms with van der Waals surface area (Å²) in [6.07, 6.45) is -4.16. The Morgan fingerprint density at radius 2 is 1.86 bits per heavy atom. The number of fused-ring (bicyclic) bond motifs is 2. The Labute approximate surface area is 197 Å². The standard InChI is InChI=1S/C24H20F3N5O3/c25-24(26,27)15-6-3-7-16(10-15)28-21(34)17-11-18(33)29-20-19(17)22(35)31-23(30-20)32-9-8-13-4-1-2-5-14(13)12-32/h1-7,10,17H,8-9,11-12H2,(H,28,34)(H2,29,30,31,33,35). The molecule has 1 aromatic heterocycles. The first-order chi connectivity index (χ1) is 16.7. The number of amides is 2. The lowest BCUT2D eigenvalue weighted by molar-refractivity contribution is -0.137. The van der Waals surface area contributed by atoms with Crippen molar-refractivity contribution in [1.82, 2.24) is 9.97 Å². The molecule has 8 nitrogen and oxygen atoms in total. The average molecular weight is 483 g/mol. The van der Waals surface area contributed by atoms with Gasteiger partial charge in [0.15, 0.2) is 0 Å². The minimum atomic E-state index is -4.58. The van der Waals surface area contributed by atoms with Crippen LogP contribution in [-0.2, 0) is 28.7 Å². The summed E-state index contributed by atoms with van der Waals surface area (Å²) in [5, 5.41) is 4.94. The van der Waals surface area contributed by atoms with Gasteiger partial charge in [0.05, 0.1) is 17.0 Å². The Hall–Kier alpha value is -4.15. The number of nitrogens with one attached hydrogen (secondary N) is 3. The molecule has 0 spiro atoms. The number of rotatable bonds is 3. The van der Waals surface area contributed by atoms with Crippen LogP contribution in [0.1, 0.15) is 34.6 Å². The molecule has 0 radical (unpaired) electrons. The predicted molar refractivity (Wildman–Crippen MR) is 122 cm³/mol. The maximum Gasteiger partial charge on any atom is 0.416 e. The number of benzene rings is 2. The van der Waals surface area contributed by atoms with E-state index >= 15 is 0 Å². The molecule has 0 fully saturated rings. The molecule has 2 aromatic carbocycles. The number of aromatic amines is 1. The van der Waals surface area contributed by atoms with E-state index in [4.69, 9.17) is 0 Å². The van der Waals surface area contributed by atoms with Gasteiger partial charge in [0.2, 0.25) is 17.8 Å². The van der Waals surface area contributed by atoms with Crippen LogP contribution in [0.5, 0.6) is 0 Å². The largest absolute Gasteiger partial charge is 0.416 e. The van der Waals surface area contributed by atoms with Crippen LogP contribution in [0.4, 0.5) is 30.6 Å². The van der Waals surface area contributed by atoms with Gasteiger partial charge < -0.3 is 15.5 Å². The first kappa shape index (κ1) is 22.6. The van der Waals surface area contributed by atoms with Crippen molar-refractivity contribution in [2.45, 2.75) is 31.5 Å². The lowest BCUT2D eigenvalue weighted by Crippen LogP contribution is -2.38. The fourth-order valence-electron chi connectivity index (χ4n) is 4.41. The highest BCUT2D eigenvalue weighted by molar-refractivity contribution is 6.04. The van der Waals surface area contributed by atoms with Gasteiger partial charge in [-0.2, -0.15) is 18.2 Å². The van der Waals surface area contributed by atoms with E-state index in [9.17, 15) is 27.6 Å². The van der Waals surface area contributed by atoms with Gasteiger partial charge >= 0.3 is 6.18 Å². The Morgan fingerprint density at radius 3 is 2.63 bits per heavy atom. The first-order valence-corrected chi connectivity index (χ1v) is 10.9. The number of anilines is 3. The van der Waals surface area contributed by atoms with Crippen LogP contribution < -0.4 is 21.1 Å². The SMILES string of the molecule is O=C1CC(C(=O)Nc2cccc(C(F)(F)F)c2)c2c(nc(N3CCc4ccccc4C3)[nH]c2=O)N1. The van der Waals surface area contributed by atoms with Gasteiger partial charge in [-0.1, -0.05) is 30.3 Å². The van der Waals surface area contributed by atoms with Crippen molar-refractivity contribution in [3.05, 3.63) is 81.1 Å². The summed E-state index contributed by atoms with van der Waals surface area (Å²) in [5.74, 6) is -2.26. The number of hydrogen-bond donors (Lipinski definition) is 3. The maximum atomic E-state index is 13.0. The van der Waals surface area contributed by atoms with Gasteiger partial charge in [0, 0.05) is 25.2 Å². The van der Waals surface area contributed by atoms with Gasteiger partial charge in [0.1, 0.15) is 5.82 Å². The van der Waals surface area contributed by atoms with Crippen molar-refractivity contribution in [2.75, 3.05) is 22.1 Å². The fraction of sp³-hybridized carbons (Fsp3) is 0.250. The lowest BCUT2D eigenvalue weighted by Gasteiger charge is -2.30. The van der Waals surface area contributed by atoms with E-state index in [-0.39, 0.29) is 29.4 Å². The highest BCUT2D eigenvalue weighted by atomic mass is 19.4. The normalized spacial score (nSPS) is 17.3. The van der Waals surface area contributed by atoms with Gasteiger partial charge in [-0.05, 0) is 35.7 Å². The number of nitrogens with zero attached hydrogens (tertiary/aromatic N) is 2. The summed E-state index contributed by atoms with van der Waals surface area (Å²) in [6.45, 7) is 1.12. The summed E-state index contributed by atoms with van der Waals surface area (Å²) in [5.41, 5.74) is 0.670. The molecule has 0 bridgehead atoms. The van der Waals surface area contributed by atoms with Gasteiger partial charge in [-0.25, -0.2) is 0 Å². The van der Waals surface area contributed by atoms with Crippen LogP contribution in [0, 0.1) is 0 Å². The monoisotopic (exact) mass is 483 g/mol. The molecular weight excluding hydrogens is 463 g/mol. The van der Waals surface area contributed by atoms with E-state index in [0.29, 0.717) is 13.1 Å². The third-order valence-electron chi connectivity index (χ3n) is 6.14. The van der Waals surface area contributed by atoms with Crippen molar-refractivity contribution in [2.24, 2.45) is 0 Å². The quantitative estimate of drug-likeness (QED) is 0.529. The molecule has 2 aliphatic heterocycles. The van der Waals surface area contributed by atoms with Crippen LogP contribution in [0.25, 0.3) is 0 Å². The number of alkyl halides is 3. The minimum absolute atomic E-state index is 0.0250. The van der Waals surface area contributed by atoms with Gasteiger partial charge in [-0.15, -0.1) is 0 Å². The van der Waals surface area contributed by atoms with Crippen LogP contribution in [0.3, 0.4) is 0 Å². The molecule has 2 aliphatic rings. The highest BCUT2D eigenvalue weighted by Gasteiger charge is 2.36. The Morgan fingerprint density at radius 1 is 1.09 bits per heavy atom. The molecule has 5 rings (SSSR count). The first-order valence-electron chi connectivity index (χ1n) is 10.9. The van der Waals surface area contributed by atoms with Crippen molar-refractivity contribution in [3.8, 4) is 0 Å².